The zero-order valence-corrected chi connectivity index (χ0v) is 14.4. The summed E-state index contributed by atoms with van der Waals surface area (Å²) >= 11 is 0.888. The summed E-state index contributed by atoms with van der Waals surface area (Å²) in [6, 6.07) is 14.9. The third kappa shape index (κ3) is 4.36. The number of hydrogen-bond acceptors (Lipinski definition) is 5. The smallest absolute Gasteiger partial charge is 0.290 e. The molecule has 1 heterocycles. The van der Waals surface area contributed by atoms with Crippen LogP contribution in [0.5, 0.6) is 5.75 Å². The first-order chi connectivity index (χ1) is 12.0. The average molecular weight is 352 g/mol. The molecule has 2 N–H and O–H groups in total. The highest BCUT2D eigenvalue weighted by molar-refractivity contribution is 8.18. The molecule has 126 valence electrons. The van der Waals surface area contributed by atoms with Gasteiger partial charge in [0.15, 0.2) is 0 Å². The van der Waals surface area contributed by atoms with E-state index < -0.39 is 0 Å². The van der Waals surface area contributed by atoms with Gasteiger partial charge in [-0.1, -0.05) is 42.0 Å². The molecule has 5 nitrogen and oxygen atoms in total. The van der Waals surface area contributed by atoms with Gasteiger partial charge in [0.05, 0.1) is 10.6 Å². The van der Waals surface area contributed by atoms with Crippen LogP contribution in [0.15, 0.2) is 53.4 Å². The molecule has 0 radical (unpaired) electrons. The van der Waals surface area contributed by atoms with Crippen molar-refractivity contribution >= 4 is 34.7 Å². The first-order valence-electron chi connectivity index (χ1n) is 7.63. The van der Waals surface area contributed by atoms with Gasteiger partial charge >= 0.3 is 0 Å². The monoisotopic (exact) mass is 352 g/mol. The Morgan fingerprint density at radius 3 is 2.60 bits per heavy atom. The van der Waals surface area contributed by atoms with Crippen LogP contribution in [0.25, 0.3) is 6.08 Å². The molecule has 0 saturated carbocycles. The fraction of sp³-hybridized carbons (Fsp3) is 0.105. The number of imide groups is 1. The highest BCUT2D eigenvalue weighted by Crippen LogP contribution is 2.26. The van der Waals surface area contributed by atoms with E-state index in [4.69, 9.17) is 10.1 Å². The number of carbonyl (C=O) groups is 2. The number of benzene rings is 2. The van der Waals surface area contributed by atoms with Gasteiger partial charge in [0.25, 0.3) is 11.1 Å². The Bertz CT molecular complexity index is 872. The first kappa shape index (κ1) is 17.0. The number of hydrogen-bond donors (Lipinski definition) is 2. The zero-order chi connectivity index (χ0) is 17.8. The first-order valence-corrected chi connectivity index (χ1v) is 8.45. The van der Waals surface area contributed by atoms with Crippen LogP contribution in [0, 0.1) is 12.3 Å². The van der Waals surface area contributed by atoms with Crippen LogP contribution in [0.1, 0.15) is 16.7 Å². The Balaban J connectivity index is 1.61. The van der Waals surface area contributed by atoms with Crippen LogP contribution in [-0.2, 0) is 4.79 Å². The molecule has 1 fully saturated rings. The van der Waals surface area contributed by atoms with Crippen molar-refractivity contribution in [1.29, 1.82) is 5.41 Å². The average Bonchev–Trinajstić information content (AvgIpc) is 2.91. The van der Waals surface area contributed by atoms with E-state index in [1.165, 1.54) is 0 Å². The fourth-order valence-electron chi connectivity index (χ4n) is 2.30. The second kappa shape index (κ2) is 7.36. The number of aryl methyl sites for hydroxylation is 1. The standard InChI is InChI=1S/C19H16N2O3S/c1-12-3-2-4-14(9-12)16(20)11-24-15-7-5-13(6-8-15)10-17-18(22)21-19(23)25-17/h2-10,20H,11H2,1H3,(H,21,22,23)/b17-10-,20-16?. The maximum Gasteiger partial charge on any atom is 0.290 e. The maximum absolute atomic E-state index is 11.5. The normalized spacial score (nSPS) is 15.3. The van der Waals surface area contributed by atoms with Crippen molar-refractivity contribution in [2.75, 3.05) is 6.61 Å². The van der Waals surface area contributed by atoms with E-state index in [2.05, 4.69) is 5.32 Å². The molecule has 2 aromatic carbocycles. The summed E-state index contributed by atoms with van der Waals surface area (Å²) in [5, 5.41) is 9.96. The lowest BCUT2D eigenvalue weighted by Crippen LogP contribution is -2.17. The van der Waals surface area contributed by atoms with Crippen LogP contribution in [-0.4, -0.2) is 23.5 Å². The molecule has 1 saturated heterocycles. The van der Waals surface area contributed by atoms with E-state index in [9.17, 15) is 9.59 Å². The number of rotatable bonds is 5. The Hall–Kier alpha value is -2.86. The van der Waals surface area contributed by atoms with E-state index in [0.717, 1.165) is 28.5 Å². The third-order valence-corrected chi connectivity index (χ3v) is 4.38. The van der Waals surface area contributed by atoms with Gasteiger partial charge in [-0.3, -0.25) is 14.9 Å². The van der Waals surface area contributed by atoms with Gasteiger partial charge in [0.1, 0.15) is 12.4 Å². The molecule has 2 aromatic rings. The summed E-state index contributed by atoms with van der Waals surface area (Å²) in [6.45, 7) is 2.16. The Kier molecular flexibility index (Phi) is 5.00. The van der Waals surface area contributed by atoms with Gasteiger partial charge in [-0.25, -0.2) is 0 Å². The van der Waals surface area contributed by atoms with Crippen molar-refractivity contribution in [1.82, 2.24) is 5.32 Å². The summed E-state index contributed by atoms with van der Waals surface area (Å²) in [7, 11) is 0. The van der Waals surface area contributed by atoms with Gasteiger partial charge in [0, 0.05) is 0 Å². The van der Waals surface area contributed by atoms with Crippen molar-refractivity contribution in [3.8, 4) is 5.75 Å². The predicted octanol–water partition coefficient (Wildman–Crippen LogP) is 3.77. The van der Waals surface area contributed by atoms with Crippen molar-refractivity contribution in [3.63, 3.8) is 0 Å². The fourth-order valence-corrected chi connectivity index (χ4v) is 2.99. The number of nitrogens with one attached hydrogen (secondary N) is 2. The SMILES string of the molecule is Cc1cccc(C(=N)COc2ccc(/C=C3\SC(=O)NC3=O)cc2)c1. The summed E-state index contributed by atoms with van der Waals surface area (Å²) < 4.78 is 5.64. The number of carbonyl (C=O) groups excluding carboxylic acids is 2. The molecule has 0 spiro atoms. The van der Waals surface area contributed by atoms with Gasteiger partial charge in [-0.05, 0) is 48.0 Å². The quantitative estimate of drug-likeness (QED) is 0.634. The zero-order valence-electron chi connectivity index (χ0n) is 13.5. The maximum atomic E-state index is 11.5. The minimum Gasteiger partial charge on any atom is -0.487 e. The van der Waals surface area contributed by atoms with E-state index in [1.807, 2.05) is 31.2 Å². The molecule has 3 rings (SSSR count). The Labute approximate surface area is 149 Å². The summed E-state index contributed by atoms with van der Waals surface area (Å²) in [6.07, 6.45) is 1.66. The Morgan fingerprint density at radius 2 is 1.96 bits per heavy atom. The van der Waals surface area contributed by atoms with Gasteiger partial charge < -0.3 is 10.1 Å². The minimum atomic E-state index is -0.373. The lowest BCUT2D eigenvalue weighted by Gasteiger charge is -2.08. The van der Waals surface area contributed by atoms with Crippen molar-refractivity contribution in [3.05, 3.63) is 70.1 Å². The van der Waals surface area contributed by atoms with Crippen molar-refractivity contribution < 1.29 is 14.3 Å². The molecule has 1 aliphatic rings. The third-order valence-electron chi connectivity index (χ3n) is 3.57. The second-order valence-corrected chi connectivity index (χ2v) is 6.57. The molecule has 25 heavy (non-hydrogen) atoms. The van der Waals surface area contributed by atoms with Crippen LogP contribution >= 0.6 is 11.8 Å². The highest BCUT2D eigenvalue weighted by Gasteiger charge is 2.24. The van der Waals surface area contributed by atoms with Crippen molar-refractivity contribution in [2.45, 2.75) is 6.92 Å². The lowest BCUT2D eigenvalue weighted by molar-refractivity contribution is -0.115. The van der Waals surface area contributed by atoms with Crippen LogP contribution in [0.2, 0.25) is 0 Å². The van der Waals surface area contributed by atoms with E-state index >= 15 is 0 Å². The molecule has 1 aliphatic heterocycles. The molecular formula is C19H16N2O3S. The number of ether oxygens (including phenoxy) is 1. The molecular weight excluding hydrogens is 336 g/mol. The topological polar surface area (TPSA) is 79.2 Å². The van der Waals surface area contributed by atoms with Gasteiger partial charge in [0.2, 0.25) is 0 Å². The summed E-state index contributed by atoms with van der Waals surface area (Å²) in [5.74, 6) is 0.265. The molecule has 2 amide bonds. The highest BCUT2D eigenvalue weighted by atomic mass is 32.2. The Morgan fingerprint density at radius 1 is 1.20 bits per heavy atom. The molecule has 0 bridgehead atoms. The van der Waals surface area contributed by atoms with E-state index in [-0.39, 0.29) is 17.8 Å². The lowest BCUT2D eigenvalue weighted by atomic mass is 10.1. The van der Waals surface area contributed by atoms with Crippen LogP contribution in [0.3, 0.4) is 0 Å². The summed E-state index contributed by atoms with van der Waals surface area (Å²) in [4.78, 5) is 23.0. The molecule has 0 aromatic heterocycles. The van der Waals surface area contributed by atoms with Gasteiger partial charge in [-0.2, -0.15) is 0 Å². The van der Waals surface area contributed by atoms with E-state index in [1.54, 1.807) is 30.3 Å². The molecule has 0 atom stereocenters. The predicted molar refractivity (Wildman–Crippen MR) is 99.1 cm³/mol. The van der Waals surface area contributed by atoms with Crippen molar-refractivity contribution in [2.24, 2.45) is 0 Å². The van der Waals surface area contributed by atoms with Crippen LogP contribution in [0.4, 0.5) is 4.79 Å². The number of amides is 2. The molecule has 6 heteroatoms. The minimum absolute atomic E-state index is 0.177. The van der Waals surface area contributed by atoms with Gasteiger partial charge in [-0.15, -0.1) is 0 Å². The molecule has 0 unspecified atom stereocenters. The number of thioether (sulfide) groups is 1. The van der Waals surface area contributed by atoms with E-state index in [0.29, 0.717) is 16.4 Å². The second-order valence-electron chi connectivity index (χ2n) is 5.56. The van der Waals surface area contributed by atoms with Crippen LogP contribution < -0.4 is 10.1 Å². The summed E-state index contributed by atoms with van der Waals surface area (Å²) in [5.41, 5.74) is 3.16. The largest absolute Gasteiger partial charge is 0.487 e. The molecule has 0 aliphatic carbocycles.